The highest BCUT2D eigenvalue weighted by molar-refractivity contribution is 7.26. The number of aromatic nitrogens is 4. The average Bonchev–Trinajstić information content (AvgIpc) is 3.93. The normalized spacial score (nSPS) is 16.2. The van der Waals surface area contributed by atoms with Crippen molar-refractivity contribution in [2.45, 2.75) is 24.7 Å². The molecule has 3 heterocycles. The van der Waals surface area contributed by atoms with Gasteiger partial charge in [-0.15, -0.1) is 17.8 Å². The Balaban J connectivity index is 1.26. The predicted octanol–water partition coefficient (Wildman–Crippen LogP) is 13.3. The maximum atomic E-state index is 5.61. The molecule has 0 radical (unpaired) electrons. The minimum Gasteiger partial charge on any atom is -0.277 e. The molecule has 0 bridgehead atoms. The van der Waals surface area contributed by atoms with Crippen LogP contribution in [-0.4, -0.2) is 19.5 Å². The van der Waals surface area contributed by atoms with Crippen molar-refractivity contribution < 1.29 is 0 Å². The van der Waals surface area contributed by atoms with E-state index in [9.17, 15) is 0 Å². The van der Waals surface area contributed by atoms with Gasteiger partial charge in [-0.2, -0.15) is 9.97 Å². The number of hydrogen-bond donors (Lipinski definition) is 0. The first-order valence-electron chi connectivity index (χ1n) is 19.8. The molecule has 2 aliphatic rings. The topological polar surface area (TPSA) is 43.6 Å². The van der Waals surface area contributed by atoms with Crippen molar-refractivity contribution in [3.63, 3.8) is 0 Å². The third kappa shape index (κ3) is 5.19. The third-order valence-electron chi connectivity index (χ3n) is 11.9. The summed E-state index contributed by atoms with van der Waals surface area (Å²) in [6.07, 6.45) is 23.3. The minimum atomic E-state index is -0.455. The number of hydrogen-bond acceptors (Lipinski definition) is 4. The van der Waals surface area contributed by atoms with Gasteiger partial charge in [0.2, 0.25) is 5.95 Å². The van der Waals surface area contributed by atoms with Gasteiger partial charge in [-0.05, 0) is 65.8 Å². The molecule has 11 rings (SSSR count). The van der Waals surface area contributed by atoms with Gasteiger partial charge in [0.05, 0.1) is 11.0 Å². The summed E-state index contributed by atoms with van der Waals surface area (Å²) in [5, 5.41) is 4.78. The zero-order valence-corrected chi connectivity index (χ0v) is 32.5. The molecule has 274 valence electrons. The second-order valence-corrected chi connectivity index (χ2v) is 16.0. The molecule has 9 aromatic rings. The molecule has 0 spiro atoms. The smallest absolute Gasteiger partial charge is 0.238 e. The molecule has 6 aromatic carbocycles. The van der Waals surface area contributed by atoms with Crippen LogP contribution >= 0.6 is 11.3 Å². The molecule has 0 saturated carbocycles. The maximum Gasteiger partial charge on any atom is 0.238 e. The lowest BCUT2D eigenvalue weighted by Gasteiger charge is -2.36. The van der Waals surface area contributed by atoms with Crippen LogP contribution in [0, 0.1) is 12.3 Å². The summed E-state index contributed by atoms with van der Waals surface area (Å²) in [5.74, 6) is 4.52. The lowest BCUT2D eigenvalue weighted by molar-refractivity contribution is 0.598. The van der Waals surface area contributed by atoms with E-state index in [1.807, 2.05) is 24.3 Å². The Morgan fingerprint density at radius 1 is 0.690 bits per heavy atom. The number of para-hydroxylation sites is 1. The van der Waals surface area contributed by atoms with E-state index in [0.29, 0.717) is 17.6 Å². The van der Waals surface area contributed by atoms with Gasteiger partial charge in [0.25, 0.3) is 0 Å². The monoisotopic (exact) mass is 760 g/mol. The van der Waals surface area contributed by atoms with E-state index in [1.54, 1.807) is 17.4 Å². The van der Waals surface area contributed by atoms with Gasteiger partial charge < -0.3 is 0 Å². The summed E-state index contributed by atoms with van der Waals surface area (Å²) in [6, 6.07) is 47.7. The summed E-state index contributed by atoms with van der Waals surface area (Å²) in [7, 11) is 0. The first kappa shape index (κ1) is 34.1. The van der Waals surface area contributed by atoms with E-state index in [2.05, 4.69) is 156 Å². The lowest BCUT2D eigenvalue weighted by atomic mass is 9.67. The highest BCUT2D eigenvalue weighted by atomic mass is 32.1. The van der Waals surface area contributed by atoms with Crippen molar-refractivity contribution in [3.05, 3.63) is 193 Å². The molecule has 0 amide bonds. The van der Waals surface area contributed by atoms with Crippen LogP contribution in [0.5, 0.6) is 0 Å². The van der Waals surface area contributed by atoms with E-state index < -0.39 is 5.41 Å². The average molecular weight is 761 g/mol. The van der Waals surface area contributed by atoms with Gasteiger partial charge in [-0.25, -0.2) is 4.98 Å². The molecule has 4 nitrogen and oxygen atoms in total. The Bertz CT molecular complexity index is 3280. The Hall–Kier alpha value is -7.13. The van der Waals surface area contributed by atoms with Crippen molar-refractivity contribution in [3.8, 4) is 52.2 Å². The number of benzene rings is 6. The second kappa shape index (κ2) is 13.8. The lowest BCUT2D eigenvalue weighted by Crippen LogP contribution is -2.29. The van der Waals surface area contributed by atoms with Crippen LogP contribution in [0.3, 0.4) is 0 Å². The van der Waals surface area contributed by atoms with Crippen molar-refractivity contribution in [2.75, 3.05) is 0 Å². The molecular formula is C53H36N4S. The first-order chi connectivity index (χ1) is 28.7. The molecule has 5 heteroatoms. The zero-order chi connectivity index (χ0) is 38.6. The number of fused-ring (bicyclic) bond motifs is 10. The standard InChI is InChI=1S/C53H36N4S/c1-2-3-4-5-18-34-53(36-22-10-7-11-23-36)44-29-15-12-24-37(44)40-32-33-41-38-25-13-16-30-45(38)57(48(41)47(40)53)52-55-50(35-20-8-6-9-21-35)54-51(56-52)43-28-19-27-42-39-26-14-17-31-46(39)58-49(42)43/h1,3-10,12-22,24-33H,11,23,34H2/b4-3-,18-5-. The molecule has 0 N–H and O–H groups in total. The second-order valence-electron chi connectivity index (χ2n) is 14.9. The highest BCUT2D eigenvalue weighted by Crippen LogP contribution is 2.59. The zero-order valence-electron chi connectivity index (χ0n) is 31.6. The molecular weight excluding hydrogens is 725 g/mol. The van der Waals surface area contributed by atoms with E-state index in [0.717, 1.165) is 46.8 Å². The van der Waals surface area contributed by atoms with Crippen molar-refractivity contribution >= 4 is 53.3 Å². The van der Waals surface area contributed by atoms with Crippen LogP contribution in [0.25, 0.3) is 81.8 Å². The van der Waals surface area contributed by atoms with Gasteiger partial charge in [-0.1, -0.05) is 163 Å². The molecule has 0 aliphatic heterocycles. The Kier molecular flexibility index (Phi) is 8.13. The Morgan fingerprint density at radius 3 is 2.34 bits per heavy atom. The summed E-state index contributed by atoms with van der Waals surface area (Å²) in [6.45, 7) is 0. The number of terminal acetylenes is 1. The summed E-state index contributed by atoms with van der Waals surface area (Å²) < 4.78 is 4.74. The van der Waals surface area contributed by atoms with E-state index in [4.69, 9.17) is 21.4 Å². The van der Waals surface area contributed by atoms with Crippen LogP contribution in [0.2, 0.25) is 0 Å². The van der Waals surface area contributed by atoms with Crippen LogP contribution in [0.15, 0.2) is 182 Å². The van der Waals surface area contributed by atoms with Crippen LogP contribution in [0.4, 0.5) is 0 Å². The van der Waals surface area contributed by atoms with Crippen molar-refractivity contribution in [1.82, 2.24) is 19.5 Å². The number of allylic oxidation sites excluding steroid dienone is 8. The number of rotatable bonds is 7. The quantitative estimate of drug-likeness (QED) is 0.120. The van der Waals surface area contributed by atoms with Gasteiger partial charge in [0.15, 0.2) is 11.6 Å². The fourth-order valence-corrected chi connectivity index (χ4v) is 10.7. The summed E-state index contributed by atoms with van der Waals surface area (Å²) in [5.41, 5.74) is 10.1. The molecule has 2 aliphatic carbocycles. The fraction of sp³-hybridized carbons (Fsp3) is 0.0755. The van der Waals surface area contributed by atoms with Gasteiger partial charge in [0, 0.05) is 47.5 Å². The first-order valence-corrected chi connectivity index (χ1v) is 20.6. The van der Waals surface area contributed by atoms with Crippen LogP contribution in [-0.2, 0) is 5.41 Å². The molecule has 3 aromatic heterocycles. The van der Waals surface area contributed by atoms with Crippen LogP contribution < -0.4 is 0 Å². The number of nitrogens with zero attached hydrogens (tertiary/aromatic N) is 4. The molecule has 0 fully saturated rings. The highest BCUT2D eigenvalue weighted by Gasteiger charge is 2.47. The largest absolute Gasteiger partial charge is 0.277 e. The van der Waals surface area contributed by atoms with E-state index >= 15 is 0 Å². The molecule has 1 unspecified atom stereocenters. The fourth-order valence-electron chi connectivity index (χ4n) is 9.44. The van der Waals surface area contributed by atoms with Gasteiger partial charge in [0.1, 0.15) is 0 Å². The van der Waals surface area contributed by atoms with Gasteiger partial charge >= 0.3 is 0 Å². The minimum absolute atomic E-state index is 0.455. The Labute approximate surface area is 340 Å². The molecule has 1 atom stereocenters. The SMILES string of the molecule is C#C/C=C\C=C/CC1(C2=CC=CCC2)c2ccccc2-c2ccc3c4ccccc4n(-c4nc(-c5ccccc5)nc(-c5cccc6c5sc5ccccc56)n4)c3c21. The third-order valence-corrected chi connectivity index (χ3v) is 13.1. The van der Waals surface area contributed by atoms with Crippen molar-refractivity contribution in [1.29, 1.82) is 0 Å². The number of thiophene rings is 1. The van der Waals surface area contributed by atoms with Crippen LogP contribution in [0.1, 0.15) is 30.4 Å². The summed E-state index contributed by atoms with van der Waals surface area (Å²) >= 11 is 1.79. The van der Waals surface area contributed by atoms with E-state index in [-0.39, 0.29) is 0 Å². The van der Waals surface area contributed by atoms with Gasteiger partial charge in [-0.3, -0.25) is 4.57 Å². The Morgan fingerprint density at radius 2 is 1.47 bits per heavy atom. The predicted molar refractivity (Wildman–Crippen MR) is 242 cm³/mol. The van der Waals surface area contributed by atoms with Crippen molar-refractivity contribution in [2.24, 2.45) is 0 Å². The molecule has 58 heavy (non-hydrogen) atoms. The summed E-state index contributed by atoms with van der Waals surface area (Å²) in [4.78, 5) is 16.2. The van der Waals surface area contributed by atoms with E-state index in [1.165, 1.54) is 53.4 Å². The maximum absolute atomic E-state index is 5.61. The molecule has 0 saturated heterocycles.